The summed E-state index contributed by atoms with van der Waals surface area (Å²) in [5.74, 6) is 0.508. The summed E-state index contributed by atoms with van der Waals surface area (Å²) in [6.07, 6.45) is 3.79. The molecule has 4 N–H and O–H groups in total. The monoisotopic (exact) mass is 345 g/mol. The van der Waals surface area contributed by atoms with Gasteiger partial charge in [-0.05, 0) is 55.5 Å². The Morgan fingerprint density at radius 3 is 2.77 bits per heavy atom. The lowest BCUT2D eigenvalue weighted by Gasteiger charge is -2.17. The molecule has 0 radical (unpaired) electrons. The molecule has 0 unspecified atom stereocenters. The van der Waals surface area contributed by atoms with Gasteiger partial charge in [-0.15, -0.1) is 0 Å². The molecule has 26 heavy (non-hydrogen) atoms. The van der Waals surface area contributed by atoms with Crippen molar-refractivity contribution in [3.8, 4) is 0 Å². The van der Waals surface area contributed by atoms with Gasteiger partial charge in [0.1, 0.15) is 0 Å². The first-order valence-corrected chi connectivity index (χ1v) is 8.48. The maximum absolute atomic E-state index is 5.92. The minimum atomic E-state index is 0.153. The first-order valence-electron chi connectivity index (χ1n) is 8.48. The van der Waals surface area contributed by atoms with Crippen molar-refractivity contribution in [1.29, 1.82) is 0 Å². The van der Waals surface area contributed by atoms with Crippen LogP contribution in [0.15, 0.2) is 71.5 Å². The molecule has 1 aromatic heterocycles. The van der Waals surface area contributed by atoms with Crippen LogP contribution in [0.25, 0.3) is 16.5 Å². The summed E-state index contributed by atoms with van der Waals surface area (Å²) >= 11 is 0. The Kier molecular flexibility index (Phi) is 5.17. The molecule has 0 aliphatic heterocycles. The van der Waals surface area contributed by atoms with Gasteiger partial charge in [0.2, 0.25) is 0 Å². The van der Waals surface area contributed by atoms with Gasteiger partial charge in [0, 0.05) is 17.6 Å². The number of fused-ring (bicyclic) bond motifs is 1. The van der Waals surface area contributed by atoms with Gasteiger partial charge in [-0.25, -0.2) is 0 Å². The molecule has 132 valence electrons. The first-order chi connectivity index (χ1) is 12.6. The molecular formula is C21H23N5. The molecule has 5 heteroatoms. The van der Waals surface area contributed by atoms with Gasteiger partial charge >= 0.3 is 0 Å². The topological polar surface area (TPSA) is 79.1 Å². The van der Waals surface area contributed by atoms with E-state index < -0.39 is 0 Å². The predicted octanol–water partition coefficient (Wildman–Crippen LogP) is 4.44. The molecule has 0 saturated carbocycles. The SMILES string of the molecule is C=N/C=C(\C=C(/C)c1ccc2[nH]nc(N)c2c1)N[C@@H](C)c1ccccc1. The predicted molar refractivity (Wildman–Crippen MR) is 110 cm³/mol. The summed E-state index contributed by atoms with van der Waals surface area (Å²) in [6, 6.07) is 16.5. The summed E-state index contributed by atoms with van der Waals surface area (Å²) in [6.45, 7) is 7.76. The van der Waals surface area contributed by atoms with Gasteiger partial charge in [-0.1, -0.05) is 36.4 Å². The molecule has 5 nitrogen and oxygen atoms in total. The molecule has 0 amide bonds. The van der Waals surface area contributed by atoms with E-state index >= 15 is 0 Å². The van der Waals surface area contributed by atoms with Crippen LogP contribution in [0.3, 0.4) is 0 Å². The van der Waals surface area contributed by atoms with E-state index in [0.29, 0.717) is 5.82 Å². The van der Waals surface area contributed by atoms with Gasteiger partial charge in [0.05, 0.1) is 11.2 Å². The quantitative estimate of drug-likeness (QED) is 0.456. The van der Waals surface area contributed by atoms with Crippen molar-refractivity contribution in [2.24, 2.45) is 4.99 Å². The van der Waals surface area contributed by atoms with Crippen molar-refractivity contribution in [2.75, 3.05) is 5.73 Å². The van der Waals surface area contributed by atoms with E-state index in [1.54, 1.807) is 6.20 Å². The fraction of sp³-hybridized carbons (Fsp3) is 0.143. The number of anilines is 1. The highest BCUT2D eigenvalue weighted by Gasteiger charge is 2.08. The minimum absolute atomic E-state index is 0.153. The van der Waals surface area contributed by atoms with Crippen LogP contribution in [-0.4, -0.2) is 16.9 Å². The highest BCUT2D eigenvalue weighted by Crippen LogP contribution is 2.24. The van der Waals surface area contributed by atoms with Crippen LogP contribution >= 0.6 is 0 Å². The van der Waals surface area contributed by atoms with Gasteiger partial charge in [-0.2, -0.15) is 5.10 Å². The maximum Gasteiger partial charge on any atom is 0.153 e. The second-order valence-electron chi connectivity index (χ2n) is 6.24. The van der Waals surface area contributed by atoms with E-state index in [-0.39, 0.29) is 6.04 Å². The molecule has 0 saturated heterocycles. The van der Waals surface area contributed by atoms with E-state index in [1.165, 1.54) is 5.56 Å². The van der Waals surface area contributed by atoms with Crippen molar-refractivity contribution >= 4 is 29.0 Å². The fourth-order valence-corrected chi connectivity index (χ4v) is 2.89. The molecule has 2 aromatic carbocycles. The summed E-state index contributed by atoms with van der Waals surface area (Å²) < 4.78 is 0. The molecule has 1 atom stereocenters. The lowest BCUT2D eigenvalue weighted by atomic mass is 10.0. The van der Waals surface area contributed by atoms with Crippen molar-refractivity contribution in [3.05, 3.63) is 77.6 Å². The average Bonchev–Trinajstić information content (AvgIpc) is 3.03. The van der Waals surface area contributed by atoms with Crippen molar-refractivity contribution < 1.29 is 0 Å². The molecule has 0 fully saturated rings. The largest absolute Gasteiger partial charge is 0.382 e. The number of nitrogens with one attached hydrogen (secondary N) is 2. The molecule has 0 spiro atoms. The summed E-state index contributed by atoms with van der Waals surface area (Å²) in [5, 5.41) is 11.4. The smallest absolute Gasteiger partial charge is 0.153 e. The number of hydrogen-bond acceptors (Lipinski definition) is 4. The highest BCUT2D eigenvalue weighted by atomic mass is 15.1. The number of benzene rings is 2. The molecule has 0 aliphatic rings. The zero-order chi connectivity index (χ0) is 18.5. The number of allylic oxidation sites excluding steroid dienone is 2. The Bertz CT molecular complexity index is 966. The van der Waals surface area contributed by atoms with E-state index in [0.717, 1.165) is 27.7 Å². The third-order valence-corrected chi connectivity index (χ3v) is 4.33. The van der Waals surface area contributed by atoms with Crippen LogP contribution in [-0.2, 0) is 0 Å². The number of nitrogens with two attached hydrogens (primary N) is 1. The van der Waals surface area contributed by atoms with E-state index in [1.807, 2.05) is 36.4 Å². The van der Waals surface area contributed by atoms with Crippen LogP contribution in [0.5, 0.6) is 0 Å². The Hall–Kier alpha value is -3.34. The summed E-state index contributed by atoms with van der Waals surface area (Å²) in [4.78, 5) is 3.93. The Balaban J connectivity index is 1.86. The van der Waals surface area contributed by atoms with E-state index in [9.17, 15) is 0 Å². The number of nitrogen functional groups attached to an aromatic ring is 1. The van der Waals surface area contributed by atoms with E-state index in [4.69, 9.17) is 5.73 Å². The zero-order valence-corrected chi connectivity index (χ0v) is 15.0. The third-order valence-electron chi connectivity index (χ3n) is 4.33. The van der Waals surface area contributed by atoms with Crippen LogP contribution in [0.4, 0.5) is 5.82 Å². The fourth-order valence-electron chi connectivity index (χ4n) is 2.89. The number of aliphatic imine (C=N–C) groups is 1. The second kappa shape index (κ2) is 7.70. The number of rotatable bonds is 6. The van der Waals surface area contributed by atoms with Gasteiger partial charge in [-0.3, -0.25) is 10.1 Å². The number of hydrogen-bond donors (Lipinski definition) is 3. The Morgan fingerprint density at radius 1 is 1.27 bits per heavy atom. The lowest BCUT2D eigenvalue weighted by molar-refractivity contribution is 0.664. The van der Waals surface area contributed by atoms with Crippen LogP contribution in [0.2, 0.25) is 0 Å². The molecule has 3 aromatic rings. The zero-order valence-electron chi connectivity index (χ0n) is 15.0. The first kappa shape index (κ1) is 17.5. The van der Waals surface area contributed by atoms with Gasteiger partial charge in [0.25, 0.3) is 0 Å². The standard InChI is InChI=1S/C21H23N5/c1-14(17-9-10-20-19(12-17)21(22)26-25-20)11-18(13-23-3)24-15(2)16-7-5-4-6-8-16/h4-13,15,24H,3H2,1-2H3,(H3,22,25,26)/b14-11+,18-13+/t15-/m0/s1. The van der Waals surface area contributed by atoms with Crippen LogP contribution < -0.4 is 11.1 Å². The van der Waals surface area contributed by atoms with Crippen molar-refractivity contribution in [1.82, 2.24) is 15.5 Å². The third kappa shape index (κ3) is 3.83. The van der Waals surface area contributed by atoms with Crippen LogP contribution in [0, 0.1) is 0 Å². The Morgan fingerprint density at radius 2 is 2.04 bits per heavy atom. The average molecular weight is 345 g/mol. The Labute approximate surface area is 153 Å². The number of aromatic nitrogens is 2. The van der Waals surface area contributed by atoms with Crippen molar-refractivity contribution in [3.63, 3.8) is 0 Å². The second-order valence-corrected chi connectivity index (χ2v) is 6.24. The summed E-state index contributed by atoms with van der Waals surface area (Å²) in [5.41, 5.74) is 11.1. The lowest BCUT2D eigenvalue weighted by Crippen LogP contribution is -2.17. The molecule has 3 rings (SSSR count). The van der Waals surface area contributed by atoms with Gasteiger partial charge in [0.15, 0.2) is 5.82 Å². The highest BCUT2D eigenvalue weighted by molar-refractivity contribution is 5.91. The normalized spacial score (nSPS) is 13.6. The molecular weight excluding hydrogens is 322 g/mol. The number of nitrogens with zero attached hydrogens (tertiary/aromatic N) is 2. The summed E-state index contributed by atoms with van der Waals surface area (Å²) in [7, 11) is 0. The molecule has 0 aliphatic carbocycles. The minimum Gasteiger partial charge on any atom is -0.382 e. The number of H-pyrrole nitrogens is 1. The van der Waals surface area contributed by atoms with E-state index in [2.05, 4.69) is 59.3 Å². The maximum atomic E-state index is 5.92. The van der Waals surface area contributed by atoms with Gasteiger partial charge < -0.3 is 11.1 Å². The van der Waals surface area contributed by atoms with Crippen molar-refractivity contribution in [2.45, 2.75) is 19.9 Å². The number of aromatic amines is 1. The molecule has 0 bridgehead atoms. The molecule has 1 heterocycles. The van der Waals surface area contributed by atoms with Crippen LogP contribution in [0.1, 0.15) is 31.0 Å².